The molecular weight excluding hydrogens is 614 g/mol. The minimum absolute atomic E-state index is 0.0181. The van der Waals surface area contributed by atoms with Gasteiger partial charge in [-0.25, -0.2) is 4.79 Å². The van der Waals surface area contributed by atoms with Gasteiger partial charge in [-0.1, -0.05) is 30.0 Å². The van der Waals surface area contributed by atoms with E-state index in [0.717, 1.165) is 23.1 Å². The van der Waals surface area contributed by atoms with E-state index in [9.17, 15) is 40.7 Å². The van der Waals surface area contributed by atoms with Crippen LogP contribution in [0.1, 0.15) is 32.8 Å². The first kappa shape index (κ1) is 30.3. The minimum Gasteiger partial charge on any atom is -0.478 e. The third kappa shape index (κ3) is 7.34. The largest absolute Gasteiger partial charge is 0.478 e. The van der Waals surface area contributed by atoms with Gasteiger partial charge in [-0.3, -0.25) is 14.5 Å². The van der Waals surface area contributed by atoms with Crippen molar-refractivity contribution in [2.24, 2.45) is 0 Å². The lowest BCUT2D eigenvalue weighted by atomic mass is 10.0. The molecule has 1 saturated heterocycles. The predicted octanol–water partition coefficient (Wildman–Crippen LogP) is 7.38. The van der Waals surface area contributed by atoms with Gasteiger partial charge in [-0.2, -0.15) is 26.3 Å². The van der Waals surface area contributed by atoms with Crippen LogP contribution in [0.5, 0.6) is 0 Å². The fourth-order valence-corrected chi connectivity index (χ4v) is 5.91. The Morgan fingerprint density at radius 1 is 0.976 bits per heavy atom. The van der Waals surface area contributed by atoms with Gasteiger partial charge in [0, 0.05) is 23.5 Å². The molecule has 0 atom stereocenters. The average molecular weight is 631 g/mol. The molecule has 1 fully saturated rings. The van der Waals surface area contributed by atoms with Crippen molar-refractivity contribution in [2.45, 2.75) is 18.8 Å². The van der Waals surface area contributed by atoms with Crippen LogP contribution in [0.2, 0.25) is 0 Å². The molecule has 2 aromatic carbocycles. The van der Waals surface area contributed by atoms with Gasteiger partial charge >= 0.3 is 18.3 Å². The second kappa shape index (κ2) is 11.7. The van der Waals surface area contributed by atoms with Crippen LogP contribution in [0.25, 0.3) is 17.2 Å². The number of halogens is 6. The first-order chi connectivity index (χ1) is 19.1. The number of rotatable bonds is 7. The Labute approximate surface area is 241 Å². The number of nitrogens with zero attached hydrogens (tertiary/aromatic N) is 1. The molecule has 2 N–H and O–H groups in total. The third-order valence-electron chi connectivity index (χ3n) is 5.64. The lowest BCUT2D eigenvalue weighted by molar-refractivity contribution is -0.143. The number of carbonyl (C=O) groups excluding carboxylic acids is 2. The maximum absolute atomic E-state index is 13.2. The molecule has 0 aliphatic carbocycles. The highest BCUT2D eigenvalue weighted by molar-refractivity contribution is 8.26. The number of carbonyl (C=O) groups is 3. The second-order valence-electron chi connectivity index (χ2n) is 8.55. The Kier molecular flexibility index (Phi) is 8.61. The minimum atomic E-state index is -4.98. The molecule has 3 aromatic rings. The van der Waals surface area contributed by atoms with E-state index in [4.69, 9.17) is 17.3 Å². The van der Waals surface area contributed by atoms with Crippen molar-refractivity contribution in [3.8, 4) is 11.1 Å². The maximum Gasteiger partial charge on any atom is 0.416 e. The monoisotopic (exact) mass is 630 g/mol. The summed E-state index contributed by atoms with van der Waals surface area (Å²) < 4.78 is 79.6. The number of thioether (sulfide) groups is 1. The molecule has 15 heteroatoms. The summed E-state index contributed by atoms with van der Waals surface area (Å²) in [6, 6.07) is 8.28. The topological polar surface area (TPSA) is 86.7 Å². The molecule has 1 aliphatic rings. The van der Waals surface area contributed by atoms with Crippen molar-refractivity contribution in [3.63, 3.8) is 0 Å². The maximum atomic E-state index is 13.2. The molecule has 0 spiro atoms. The molecule has 1 aliphatic heterocycles. The molecular formula is C26H16F6N2O4S3. The third-order valence-corrected chi connectivity index (χ3v) is 7.90. The summed E-state index contributed by atoms with van der Waals surface area (Å²) in [4.78, 5) is 38.1. The Bertz CT molecular complexity index is 1550. The Balaban J connectivity index is 1.46. The van der Waals surface area contributed by atoms with Crippen LogP contribution < -0.4 is 5.32 Å². The summed E-state index contributed by atoms with van der Waals surface area (Å²) in [7, 11) is 0. The van der Waals surface area contributed by atoms with Gasteiger partial charge < -0.3 is 10.4 Å². The molecule has 0 saturated carbocycles. The van der Waals surface area contributed by atoms with Crippen molar-refractivity contribution >= 4 is 69.2 Å². The molecule has 2 heterocycles. The van der Waals surface area contributed by atoms with Crippen LogP contribution in [0.15, 0.2) is 58.8 Å². The number of hydrogen-bond acceptors (Lipinski definition) is 6. The summed E-state index contributed by atoms with van der Waals surface area (Å²) in [6.07, 6.45) is -8.70. The van der Waals surface area contributed by atoms with Gasteiger partial charge in [-0.15, -0.1) is 11.3 Å². The number of nitrogens with one attached hydrogen (secondary N) is 1. The quantitative estimate of drug-likeness (QED) is 0.161. The fraction of sp³-hybridized carbons (Fsp3) is 0.154. The lowest BCUT2D eigenvalue weighted by Crippen LogP contribution is -2.31. The summed E-state index contributed by atoms with van der Waals surface area (Å²) in [5.74, 6) is -2.17. The summed E-state index contributed by atoms with van der Waals surface area (Å²) in [6.45, 7) is -0.0768. The summed E-state index contributed by atoms with van der Waals surface area (Å²) >= 11 is 7.19. The Hall–Kier alpha value is -3.69. The van der Waals surface area contributed by atoms with E-state index in [1.807, 2.05) is 0 Å². The van der Waals surface area contributed by atoms with Gasteiger partial charge in [0.05, 0.1) is 21.6 Å². The smallest absolute Gasteiger partial charge is 0.416 e. The average Bonchev–Trinajstić information content (AvgIpc) is 3.45. The molecule has 41 heavy (non-hydrogen) atoms. The highest BCUT2D eigenvalue weighted by Crippen LogP contribution is 2.40. The fourth-order valence-electron chi connectivity index (χ4n) is 3.69. The van der Waals surface area contributed by atoms with Crippen LogP contribution in [0.3, 0.4) is 0 Å². The van der Waals surface area contributed by atoms with Crippen LogP contribution in [-0.2, 0) is 21.9 Å². The van der Waals surface area contributed by atoms with Crippen LogP contribution in [0, 0.1) is 0 Å². The number of thiocarbonyl (C=S) groups is 1. The van der Waals surface area contributed by atoms with Gasteiger partial charge in [0.15, 0.2) is 0 Å². The number of thiophene rings is 1. The van der Waals surface area contributed by atoms with Gasteiger partial charge in [0.25, 0.3) is 5.91 Å². The first-order valence-electron chi connectivity index (χ1n) is 11.4. The molecule has 4 rings (SSSR count). The normalized spacial score (nSPS) is 15.1. The van der Waals surface area contributed by atoms with E-state index in [2.05, 4.69) is 5.32 Å². The van der Waals surface area contributed by atoms with Gasteiger partial charge in [0.1, 0.15) is 4.32 Å². The highest BCUT2D eigenvalue weighted by Gasteiger charge is 2.37. The first-order valence-corrected chi connectivity index (χ1v) is 13.5. The van der Waals surface area contributed by atoms with E-state index in [1.165, 1.54) is 46.7 Å². The van der Waals surface area contributed by atoms with Crippen molar-refractivity contribution in [1.82, 2.24) is 4.90 Å². The summed E-state index contributed by atoms with van der Waals surface area (Å²) in [5, 5.41) is 13.0. The second-order valence-corrected chi connectivity index (χ2v) is 11.2. The predicted molar refractivity (Wildman–Crippen MR) is 146 cm³/mol. The van der Waals surface area contributed by atoms with Crippen LogP contribution >= 0.6 is 35.3 Å². The zero-order chi connectivity index (χ0) is 30.1. The number of carboxylic acid groups (broad SMARTS) is 1. The van der Waals surface area contributed by atoms with E-state index >= 15 is 0 Å². The zero-order valence-electron chi connectivity index (χ0n) is 20.3. The molecule has 6 nitrogen and oxygen atoms in total. The van der Waals surface area contributed by atoms with E-state index in [-0.39, 0.29) is 50.6 Å². The number of aromatic carboxylic acids is 1. The van der Waals surface area contributed by atoms with E-state index < -0.39 is 41.3 Å². The molecule has 0 radical (unpaired) electrons. The summed E-state index contributed by atoms with van der Waals surface area (Å²) in [5.41, 5.74) is -2.80. The Morgan fingerprint density at radius 3 is 2.24 bits per heavy atom. The van der Waals surface area contributed by atoms with Crippen LogP contribution in [-0.4, -0.2) is 38.7 Å². The highest BCUT2D eigenvalue weighted by atomic mass is 32.2. The van der Waals surface area contributed by atoms with E-state index in [1.54, 1.807) is 0 Å². The molecule has 2 amide bonds. The number of alkyl halides is 6. The number of anilines is 1. The molecule has 1 aromatic heterocycles. The van der Waals surface area contributed by atoms with Crippen molar-refractivity contribution < 1.29 is 45.8 Å². The number of hydrogen-bond donors (Lipinski definition) is 2. The SMILES string of the molecule is O=C(CCN1C(=O)C(=Cc2cc(-c3cc(C(F)(F)F)cc(C(F)(F)F)c3)cs2)SC1=S)Nc1cccc(C(=O)O)c1. The van der Waals surface area contributed by atoms with E-state index in [0.29, 0.717) is 17.0 Å². The molecule has 0 unspecified atom stereocenters. The number of benzene rings is 2. The van der Waals surface area contributed by atoms with Gasteiger partial charge in [0.2, 0.25) is 5.91 Å². The Morgan fingerprint density at radius 2 is 1.63 bits per heavy atom. The molecule has 0 bridgehead atoms. The number of carboxylic acids is 1. The van der Waals surface area contributed by atoms with Gasteiger partial charge in [-0.05, 0) is 65.0 Å². The molecule has 214 valence electrons. The standard InChI is InChI=1S/C26H16F6N2O4S3/c27-25(28,29)16-6-14(7-17(10-16)26(30,31)32)15-9-19(40-12-15)11-20-22(36)34(24(39)41-20)5-4-21(35)33-18-3-1-2-13(8-18)23(37)38/h1-3,6-12H,4-5H2,(H,33,35)(H,37,38). The number of amides is 2. The van der Waals surface area contributed by atoms with Crippen molar-refractivity contribution in [2.75, 3.05) is 11.9 Å². The lowest BCUT2D eigenvalue weighted by Gasteiger charge is -2.14. The van der Waals surface area contributed by atoms with Crippen LogP contribution in [0.4, 0.5) is 32.0 Å². The van der Waals surface area contributed by atoms with Crippen molar-refractivity contribution in [3.05, 3.63) is 80.4 Å². The zero-order valence-corrected chi connectivity index (χ0v) is 22.7. The van der Waals surface area contributed by atoms with Crippen molar-refractivity contribution in [1.29, 1.82) is 0 Å².